The fourth-order valence-corrected chi connectivity index (χ4v) is 3.22. The summed E-state index contributed by atoms with van der Waals surface area (Å²) >= 11 is 1.63. The fraction of sp³-hybridized carbons (Fsp3) is 0.467. The Kier molecular flexibility index (Phi) is 5.50. The number of Topliss-reactive ketones (excluding diaryl/α,β-unsaturated/α-hetero) is 1. The molecule has 5 nitrogen and oxygen atoms in total. The summed E-state index contributed by atoms with van der Waals surface area (Å²) < 4.78 is 11.0. The van der Waals surface area contributed by atoms with E-state index in [1.165, 1.54) is 0 Å². The van der Waals surface area contributed by atoms with Gasteiger partial charge in [-0.3, -0.25) is 9.59 Å². The van der Waals surface area contributed by atoms with Gasteiger partial charge >= 0.3 is 0 Å². The van der Waals surface area contributed by atoms with Crippen LogP contribution in [0.5, 0.6) is 11.5 Å². The van der Waals surface area contributed by atoms with Gasteiger partial charge in [-0.25, -0.2) is 0 Å². The Labute approximate surface area is 128 Å². The fourth-order valence-electron chi connectivity index (χ4n) is 2.10. The molecule has 2 rings (SSSR count). The zero-order chi connectivity index (χ0) is 15.2. The molecule has 0 spiro atoms. The number of thioether (sulfide) groups is 1. The van der Waals surface area contributed by atoms with E-state index in [1.54, 1.807) is 30.7 Å². The average molecular weight is 309 g/mol. The monoisotopic (exact) mass is 309 g/mol. The standard InChI is InChI=1S/C15H19NO4S/c1-3-11(17)15(18)16-8-9-21-14(16)10-20-13-7-5-4-6-12(13)19-2/h4-7,14H,3,8-10H2,1-2H3. The van der Waals surface area contributed by atoms with Gasteiger partial charge in [0.25, 0.3) is 5.91 Å². The number of methoxy groups -OCH3 is 1. The summed E-state index contributed by atoms with van der Waals surface area (Å²) in [5.74, 6) is 1.36. The smallest absolute Gasteiger partial charge is 0.290 e. The van der Waals surface area contributed by atoms with Crippen LogP contribution in [0.25, 0.3) is 0 Å². The zero-order valence-electron chi connectivity index (χ0n) is 12.2. The maximum atomic E-state index is 12.0. The number of benzene rings is 1. The number of para-hydroxylation sites is 2. The normalized spacial score (nSPS) is 17.6. The van der Waals surface area contributed by atoms with Gasteiger partial charge in [-0.2, -0.15) is 0 Å². The first-order valence-corrected chi connectivity index (χ1v) is 7.93. The molecule has 1 aromatic rings. The van der Waals surface area contributed by atoms with E-state index < -0.39 is 5.91 Å². The third-order valence-corrected chi connectivity index (χ3v) is 4.45. The Morgan fingerprint density at radius 3 is 2.71 bits per heavy atom. The lowest BCUT2D eigenvalue weighted by Gasteiger charge is -2.23. The molecule has 1 unspecified atom stereocenters. The molecule has 0 N–H and O–H groups in total. The molecular formula is C15H19NO4S. The number of nitrogens with zero attached hydrogens (tertiary/aromatic N) is 1. The molecule has 1 amide bonds. The number of amides is 1. The third kappa shape index (κ3) is 3.69. The van der Waals surface area contributed by atoms with E-state index in [2.05, 4.69) is 0 Å². The van der Waals surface area contributed by atoms with Gasteiger partial charge in [0.2, 0.25) is 5.78 Å². The van der Waals surface area contributed by atoms with E-state index in [1.807, 2.05) is 24.3 Å². The molecule has 0 radical (unpaired) electrons. The molecule has 1 fully saturated rings. The largest absolute Gasteiger partial charge is 0.493 e. The minimum absolute atomic E-state index is 0.127. The highest BCUT2D eigenvalue weighted by molar-refractivity contribution is 8.00. The molecule has 21 heavy (non-hydrogen) atoms. The van der Waals surface area contributed by atoms with E-state index in [4.69, 9.17) is 9.47 Å². The van der Waals surface area contributed by atoms with Crippen molar-refractivity contribution >= 4 is 23.5 Å². The first-order valence-electron chi connectivity index (χ1n) is 6.88. The van der Waals surface area contributed by atoms with Crippen LogP contribution < -0.4 is 9.47 Å². The van der Waals surface area contributed by atoms with Crippen LogP contribution in [0.4, 0.5) is 0 Å². The summed E-state index contributed by atoms with van der Waals surface area (Å²) in [4.78, 5) is 25.2. The van der Waals surface area contributed by atoms with Crippen molar-refractivity contribution in [3.63, 3.8) is 0 Å². The van der Waals surface area contributed by atoms with Crippen molar-refractivity contribution in [1.82, 2.24) is 4.90 Å². The lowest BCUT2D eigenvalue weighted by molar-refractivity contribution is -0.144. The van der Waals surface area contributed by atoms with Crippen molar-refractivity contribution in [2.45, 2.75) is 18.7 Å². The van der Waals surface area contributed by atoms with Crippen molar-refractivity contribution < 1.29 is 19.1 Å². The van der Waals surface area contributed by atoms with Crippen LogP contribution >= 0.6 is 11.8 Å². The third-order valence-electron chi connectivity index (χ3n) is 3.26. The first kappa shape index (κ1) is 15.7. The van der Waals surface area contributed by atoms with Gasteiger partial charge in [0.15, 0.2) is 11.5 Å². The van der Waals surface area contributed by atoms with Crippen LogP contribution in [0.15, 0.2) is 24.3 Å². The number of ketones is 1. The minimum atomic E-state index is -0.406. The molecule has 114 valence electrons. The second kappa shape index (κ2) is 7.36. The SMILES string of the molecule is CCC(=O)C(=O)N1CCSC1COc1ccccc1OC. The number of rotatable bonds is 6. The predicted octanol–water partition coefficient (Wildman–Crippen LogP) is 1.95. The van der Waals surface area contributed by atoms with Gasteiger partial charge in [-0.1, -0.05) is 19.1 Å². The first-order chi connectivity index (χ1) is 10.2. The van der Waals surface area contributed by atoms with Crippen LogP contribution in [-0.4, -0.2) is 48.0 Å². The number of ether oxygens (including phenoxy) is 2. The van der Waals surface area contributed by atoms with Gasteiger partial charge < -0.3 is 14.4 Å². The quantitative estimate of drug-likeness (QED) is 0.752. The number of hydrogen-bond acceptors (Lipinski definition) is 5. The van der Waals surface area contributed by atoms with Gasteiger partial charge in [0, 0.05) is 18.7 Å². The highest BCUT2D eigenvalue weighted by Gasteiger charge is 2.32. The van der Waals surface area contributed by atoms with Gasteiger partial charge in [0.05, 0.1) is 7.11 Å². The summed E-state index contributed by atoms with van der Waals surface area (Å²) in [7, 11) is 1.59. The van der Waals surface area contributed by atoms with Crippen LogP contribution in [0.2, 0.25) is 0 Å². The molecule has 0 bridgehead atoms. The van der Waals surface area contributed by atoms with Crippen molar-refractivity contribution in [3.8, 4) is 11.5 Å². The predicted molar refractivity (Wildman–Crippen MR) is 81.7 cm³/mol. The van der Waals surface area contributed by atoms with Gasteiger partial charge in [-0.05, 0) is 12.1 Å². The molecule has 1 aromatic carbocycles. The van der Waals surface area contributed by atoms with Gasteiger partial charge in [-0.15, -0.1) is 11.8 Å². The minimum Gasteiger partial charge on any atom is -0.493 e. The summed E-state index contributed by atoms with van der Waals surface area (Å²) in [6, 6.07) is 7.37. The molecule has 1 saturated heterocycles. The Hall–Kier alpha value is -1.69. The zero-order valence-corrected chi connectivity index (χ0v) is 13.0. The summed E-state index contributed by atoms with van der Waals surface area (Å²) in [5, 5.41) is -0.127. The summed E-state index contributed by atoms with van der Waals surface area (Å²) in [6.45, 7) is 2.63. The maximum Gasteiger partial charge on any atom is 0.290 e. The Morgan fingerprint density at radius 2 is 2.05 bits per heavy atom. The highest BCUT2D eigenvalue weighted by atomic mass is 32.2. The Balaban J connectivity index is 1.99. The van der Waals surface area contributed by atoms with E-state index in [0.717, 1.165) is 5.75 Å². The molecule has 0 aromatic heterocycles. The Morgan fingerprint density at radius 1 is 1.33 bits per heavy atom. The number of carbonyl (C=O) groups is 2. The van der Waals surface area contributed by atoms with E-state index in [0.29, 0.717) is 24.7 Å². The van der Waals surface area contributed by atoms with E-state index in [-0.39, 0.29) is 17.6 Å². The lowest BCUT2D eigenvalue weighted by atomic mass is 10.2. The van der Waals surface area contributed by atoms with Gasteiger partial charge in [0.1, 0.15) is 12.0 Å². The van der Waals surface area contributed by atoms with E-state index in [9.17, 15) is 9.59 Å². The van der Waals surface area contributed by atoms with Crippen molar-refractivity contribution in [3.05, 3.63) is 24.3 Å². The molecule has 0 aliphatic carbocycles. The van der Waals surface area contributed by atoms with E-state index >= 15 is 0 Å². The summed E-state index contributed by atoms with van der Waals surface area (Å²) in [6.07, 6.45) is 0.236. The molecular weight excluding hydrogens is 290 g/mol. The molecule has 1 aliphatic heterocycles. The van der Waals surface area contributed by atoms with Crippen LogP contribution in [0.1, 0.15) is 13.3 Å². The number of hydrogen-bond donors (Lipinski definition) is 0. The Bertz CT molecular complexity index is 520. The summed E-state index contributed by atoms with van der Waals surface area (Å²) in [5.41, 5.74) is 0. The van der Waals surface area contributed by atoms with Crippen LogP contribution in [-0.2, 0) is 9.59 Å². The van der Waals surface area contributed by atoms with Crippen LogP contribution in [0.3, 0.4) is 0 Å². The van der Waals surface area contributed by atoms with Crippen molar-refractivity contribution in [1.29, 1.82) is 0 Å². The molecule has 6 heteroatoms. The number of carbonyl (C=O) groups excluding carboxylic acids is 2. The van der Waals surface area contributed by atoms with Crippen LogP contribution in [0, 0.1) is 0 Å². The van der Waals surface area contributed by atoms with Crippen molar-refractivity contribution in [2.75, 3.05) is 26.0 Å². The molecule has 0 saturated carbocycles. The second-order valence-corrected chi connectivity index (χ2v) is 5.85. The molecule has 1 atom stereocenters. The molecule has 1 aliphatic rings. The topological polar surface area (TPSA) is 55.8 Å². The average Bonchev–Trinajstić information content (AvgIpc) is 3.00. The maximum absolute atomic E-state index is 12.0. The molecule has 1 heterocycles. The lowest BCUT2D eigenvalue weighted by Crippen LogP contribution is -2.41. The second-order valence-electron chi connectivity index (χ2n) is 4.56. The highest BCUT2D eigenvalue weighted by Crippen LogP contribution is 2.29. The van der Waals surface area contributed by atoms with Crippen molar-refractivity contribution in [2.24, 2.45) is 0 Å².